The summed E-state index contributed by atoms with van der Waals surface area (Å²) in [5.74, 6) is 0. The average Bonchev–Trinajstić information content (AvgIpc) is 2.56. The fourth-order valence-corrected chi connectivity index (χ4v) is 1.73. The van der Waals surface area contributed by atoms with Crippen LogP contribution < -0.4 is 4.98 Å². The topological polar surface area (TPSA) is 14.1 Å². The normalized spacial score (nSPS) is 9.60. The molecule has 3 rings (SSSR count). The molecule has 3 aromatic rings. The third kappa shape index (κ3) is 2.41. The van der Waals surface area contributed by atoms with Crippen molar-refractivity contribution in [2.75, 3.05) is 0 Å². The van der Waals surface area contributed by atoms with Gasteiger partial charge in [0.25, 0.3) is 0 Å². The summed E-state index contributed by atoms with van der Waals surface area (Å²) >= 11 is 0. The molecule has 0 unspecified atom stereocenters. The molecule has 0 aliphatic carbocycles. The monoisotopic (exact) mass is 344 g/mol. The minimum Gasteiger partial charge on any atom is -0.657 e. The predicted octanol–water partition coefficient (Wildman–Crippen LogP) is 2.95. The Balaban J connectivity index is 0.000000562. The molecule has 0 aliphatic rings. The van der Waals surface area contributed by atoms with Crippen molar-refractivity contribution in [1.29, 1.82) is 0 Å². The molecule has 0 spiro atoms. The number of rotatable bonds is 0. The molecule has 2 radical (unpaired) electrons. The van der Waals surface area contributed by atoms with Gasteiger partial charge < -0.3 is 4.98 Å². The zero-order chi connectivity index (χ0) is 8.67. The van der Waals surface area contributed by atoms with E-state index in [1.165, 1.54) is 10.8 Å². The van der Waals surface area contributed by atoms with Crippen LogP contribution in [0.5, 0.6) is 0 Å². The summed E-state index contributed by atoms with van der Waals surface area (Å²) < 4.78 is 0. The van der Waals surface area contributed by atoms with Crippen molar-refractivity contribution < 1.29 is 65.4 Å². The molecule has 0 N–H and O–H groups in total. The van der Waals surface area contributed by atoms with Crippen LogP contribution in [-0.4, -0.2) is 0 Å². The van der Waals surface area contributed by atoms with Gasteiger partial charge in [-0.1, -0.05) is 48.5 Å². The van der Waals surface area contributed by atoms with E-state index >= 15 is 0 Å². The number of hydrogen-bond acceptors (Lipinski definition) is 0. The Hall–Kier alpha value is 0.448. The van der Waals surface area contributed by atoms with Crippen LogP contribution >= 0.6 is 0 Å². The summed E-state index contributed by atoms with van der Waals surface area (Å²) in [5, 5.41) is 2.50. The number of fused-ring (bicyclic) bond motifs is 3. The first-order valence-electron chi connectivity index (χ1n) is 4.35. The average molecular weight is 344 g/mol. The van der Waals surface area contributed by atoms with Gasteiger partial charge in [-0.2, -0.15) is 0 Å². The number of aromatic nitrogens is 1. The van der Waals surface area contributed by atoms with Gasteiger partial charge in [0.2, 0.25) is 0 Å². The van der Waals surface area contributed by atoms with Crippen molar-refractivity contribution in [3.8, 4) is 0 Å². The van der Waals surface area contributed by atoms with Crippen molar-refractivity contribution in [2.45, 2.75) is 0 Å². The van der Waals surface area contributed by atoms with Gasteiger partial charge in [0, 0.05) is 65.4 Å². The zero-order valence-corrected chi connectivity index (χ0v) is 13.9. The van der Waals surface area contributed by atoms with Gasteiger partial charge >= 0.3 is 0 Å². The van der Waals surface area contributed by atoms with Gasteiger partial charge in [-0.15, -0.1) is 11.0 Å². The third-order valence-corrected chi connectivity index (χ3v) is 2.34. The summed E-state index contributed by atoms with van der Waals surface area (Å²) in [4.78, 5) is 4.52. The largest absolute Gasteiger partial charge is 0.657 e. The van der Waals surface area contributed by atoms with Crippen LogP contribution in [0.1, 0.15) is 0 Å². The molecular formula is C12H8NY2-. The van der Waals surface area contributed by atoms with Crippen molar-refractivity contribution in [3.63, 3.8) is 0 Å². The maximum atomic E-state index is 4.52. The minimum absolute atomic E-state index is 0. The van der Waals surface area contributed by atoms with Gasteiger partial charge in [0.1, 0.15) is 0 Å². The van der Waals surface area contributed by atoms with Gasteiger partial charge in [-0.05, 0) is 10.8 Å². The van der Waals surface area contributed by atoms with Crippen molar-refractivity contribution in [2.24, 2.45) is 0 Å². The Morgan fingerprint density at radius 2 is 1.00 bits per heavy atom. The number of benzene rings is 2. The van der Waals surface area contributed by atoms with Crippen LogP contribution in [0.4, 0.5) is 0 Å². The first kappa shape index (κ1) is 13.5. The Labute approximate surface area is 139 Å². The zero-order valence-electron chi connectivity index (χ0n) is 8.22. The first-order chi connectivity index (χ1) is 6.45. The summed E-state index contributed by atoms with van der Waals surface area (Å²) in [6.45, 7) is 0. The van der Waals surface area contributed by atoms with Crippen LogP contribution in [0.2, 0.25) is 0 Å². The fourth-order valence-electron chi connectivity index (χ4n) is 1.73. The SMILES string of the molecule is [Y].[Y].c1ccc2c(c1)[n-]c1ccccc12. The molecule has 1 heterocycles. The molecule has 0 saturated carbocycles. The Bertz CT molecular complexity index is 521. The van der Waals surface area contributed by atoms with Crippen molar-refractivity contribution in [3.05, 3.63) is 48.5 Å². The van der Waals surface area contributed by atoms with E-state index in [2.05, 4.69) is 41.4 Å². The number of hydrogen-bond donors (Lipinski definition) is 0. The molecule has 0 atom stereocenters. The van der Waals surface area contributed by atoms with E-state index in [4.69, 9.17) is 0 Å². The summed E-state index contributed by atoms with van der Waals surface area (Å²) in [6.07, 6.45) is 0. The van der Waals surface area contributed by atoms with Crippen LogP contribution in [-0.2, 0) is 65.4 Å². The molecule has 0 bridgehead atoms. The van der Waals surface area contributed by atoms with Crippen molar-refractivity contribution >= 4 is 21.8 Å². The van der Waals surface area contributed by atoms with E-state index in [-0.39, 0.29) is 65.4 Å². The van der Waals surface area contributed by atoms with Gasteiger partial charge in [0.15, 0.2) is 0 Å². The Morgan fingerprint density at radius 1 is 0.600 bits per heavy atom. The summed E-state index contributed by atoms with van der Waals surface area (Å²) in [7, 11) is 0. The molecule has 0 amide bonds. The molecule has 3 heteroatoms. The summed E-state index contributed by atoms with van der Waals surface area (Å²) in [5.41, 5.74) is 2.17. The molecular weight excluding hydrogens is 336 g/mol. The quantitative estimate of drug-likeness (QED) is 0.612. The standard InChI is InChI=1S/C12H8N.2Y/c1-3-7-11-9(5-1)10-6-2-4-8-12(10)13-11;;/h1-8H;;/q-1;;. The molecule has 2 aromatic carbocycles. The predicted molar refractivity (Wildman–Crippen MR) is 54.8 cm³/mol. The van der Waals surface area contributed by atoms with Crippen molar-refractivity contribution in [1.82, 2.24) is 4.98 Å². The summed E-state index contributed by atoms with van der Waals surface area (Å²) in [6, 6.07) is 16.5. The second-order valence-electron chi connectivity index (χ2n) is 3.15. The second kappa shape index (κ2) is 5.68. The second-order valence-corrected chi connectivity index (χ2v) is 3.15. The van der Waals surface area contributed by atoms with Crippen LogP contribution in [0.3, 0.4) is 0 Å². The molecule has 0 aliphatic heterocycles. The van der Waals surface area contributed by atoms with Gasteiger partial charge in [-0.3, -0.25) is 0 Å². The Morgan fingerprint density at radius 3 is 1.47 bits per heavy atom. The van der Waals surface area contributed by atoms with E-state index in [0.717, 1.165) is 11.0 Å². The minimum atomic E-state index is 0. The molecule has 68 valence electrons. The molecule has 1 nitrogen and oxygen atoms in total. The fraction of sp³-hybridized carbons (Fsp3) is 0. The van der Waals surface area contributed by atoms with Gasteiger partial charge in [0.05, 0.1) is 0 Å². The van der Waals surface area contributed by atoms with Crippen LogP contribution in [0, 0.1) is 0 Å². The molecule has 15 heavy (non-hydrogen) atoms. The van der Waals surface area contributed by atoms with E-state index < -0.39 is 0 Å². The van der Waals surface area contributed by atoms with E-state index in [9.17, 15) is 0 Å². The number of nitrogens with zero attached hydrogens (tertiary/aromatic N) is 1. The first-order valence-corrected chi connectivity index (χ1v) is 4.35. The maximum Gasteiger partial charge on any atom is 0 e. The van der Waals surface area contributed by atoms with E-state index in [1.54, 1.807) is 0 Å². The van der Waals surface area contributed by atoms with E-state index in [0.29, 0.717) is 0 Å². The van der Waals surface area contributed by atoms with Crippen LogP contribution in [0.15, 0.2) is 48.5 Å². The molecule has 0 fully saturated rings. The van der Waals surface area contributed by atoms with Crippen LogP contribution in [0.25, 0.3) is 21.8 Å². The van der Waals surface area contributed by atoms with E-state index in [1.807, 2.05) is 12.1 Å². The molecule has 0 saturated heterocycles. The number of para-hydroxylation sites is 2. The molecule has 1 aromatic heterocycles. The van der Waals surface area contributed by atoms with Gasteiger partial charge in [-0.25, -0.2) is 0 Å². The smallest absolute Gasteiger partial charge is 0 e. The Kier molecular flexibility index (Phi) is 5.12. The third-order valence-electron chi connectivity index (χ3n) is 2.34. The maximum absolute atomic E-state index is 4.52.